The van der Waals surface area contributed by atoms with Gasteiger partial charge in [-0.3, -0.25) is 10.1 Å². The van der Waals surface area contributed by atoms with Crippen LogP contribution in [0.3, 0.4) is 0 Å². The van der Waals surface area contributed by atoms with Gasteiger partial charge in [0.15, 0.2) is 0 Å². The molecule has 0 aromatic heterocycles. The molecule has 5 nitrogen and oxygen atoms in total. The highest BCUT2D eigenvalue weighted by Crippen LogP contribution is 2.28. The molecule has 0 atom stereocenters. The molecule has 0 saturated heterocycles. The van der Waals surface area contributed by atoms with Crippen molar-refractivity contribution in [2.24, 2.45) is 5.92 Å². The lowest BCUT2D eigenvalue weighted by Crippen LogP contribution is -2.12. The number of nitrogens with zero attached hydrogens (tertiary/aromatic N) is 2. The summed E-state index contributed by atoms with van der Waals surface area (Å²) in [5, 5.41) is 23.0. The zero-order valence-corrected chi connectivity index (χ0v) is 11.5. The van der Waals surface area contributed by atoms with Crippen LogP contribution in [0.15, 0.2) is 18.2 Å². The van der Waals surface area contributed by atoms with E-state index in [9.17, 15) is 10.1 Å². The Balaban J connectivity index is 1.96. The van der Waals surface area contributed by atoms with Crippen molar-refractivity contribution < 1.29 is 4.92 Å². The van der Waals surface area contributed by atoms with Crippen LogP contribution in [0.25, 0.3) is 0 Å². The number of nitro benzene ring substituents is 1. The van der Waals surface area contributed by atoms with E-state index in [1.165, 1.54) is 44.2 Å². The lowest BCUT2D eigenvalue weighted by atomic mass is 9.87. The first-order chi connectivity index (χ1) is 9.70. The average molecular weight is 273 g/mol. The van der Waals surface area contributed by atoms with Crippen molar-refractivity contribution in [3.05, 3.63) is 33.9 Å². The molecule has 5 heteroatoms. The number of hydrogen-bond acceptors (Lipinski definition) is 4. The Bertz CT molecular complexity index is 516. The van der Waals surface area contributed by atoms with E-state index < -0.39 is 4.92 Å². The van der Waals surface area contributed by atoms with E-state index in [4.69, 9.17) is 5.26 Å². The van der Waals surface area contributed by atoms with Crippen LogP contribution in [-0.2, 0) is 0 Å². The Kier molecular flexibility index (Phi) is 4.94. The van der Waals surface area contributed by atoms with Gasteiger partial charge in [0.25, 0.3) is 5.69 Å². The Morgan fingerprint density at radius 1 is 1.35 bits per heavy atom. The van der Waals surface area contributed by atoms with Crippen molar-refractivity contribution in [2.45, 2.75) is 38.5 Å². The minimum Gasteiger partial charge on any atom is -0.379 e. The van der Waals surface area contributed by atoms with Crippen LogP contribution in [0.4, 0.5) is 11.4 Å². The van der Waals surface area contributed by atoms with Gasteiger partial charge in [0, 0.05) is 12.6 Å². The van der Waals surface area contributed by atoms with E-state index in [1.54, 1.807) is 6.07 Å². The predicted molar refractivity (Wildman–Crippen MR) is 77.5 cm³/mol. The molecule has 106 valence electrons. The Hall–Kier alpha value is -2.09. The van der Waals surface area contributed by atoms with Gasteiger partial charge in [0.2, 0.25) is 0 Å². The molecule has 1 saturated carbocycles. The van der Waals surface area contributed by atoms with E-state index in [1.807, 2.05) is 6.07 Å². The second-order valence-electron chi connectivity index (χ2n) is 5.32. The van der Waals surface area contributed by atoms with Crippen molar-refractivity contribution in [3.63, 3.8) is 0 Å². The summed E-state index contributed by atoms with van der Waals surface area (Å²) in [6, 6.07) is 6.43. The molecule has 0 bridgehead atoms. The average Bonchev–Trinajstić information content (AvgIpc) is 2.48. The summed E-state index contributed by atoms with van der Waals surface area (Å²) in [4.78, 5) is 10.6. The van der Waals surface area contributed by atoms with Gasteiger partial charge in [-0.2, -0.15) is 5.26 Å². The number of nitriles is 1. The summed E-state index contributed by atoms with van der Waals surface area (Å²) in [5.41, 5.74) is 0.924. The number of hydrogen-bond donors (Lipinski definition) is 1. The molecule has 0 unspecified atom stereocenters. The van der Waals surface area contributed by atoms with E-state index in [0.717, 1.165) is 18.9 Å². The quantitative estimate of drug-likeness (QED) is 0.652. The standard InChI is InChI=1S/C15H19N3O2/c16-11-13-6-7-15(18(19)20)14(10-13)17-9-8-12-4-2-1-3-5-12/h6-7,10,12,17H,1-5,8-9H2. The second-order valence-corrected chi connectivity index (χ2v) is 5.32. The van der Waals surface area contributed by atoms with Gasteiger partial charge in [-0.1, -0.05) is 32.1 Å². The number of nitrogens with one attached hydrogen (secondary N) is 1. The molecule has 20 heavy (non-hydrogen) atoms. The fourth-order valence-electron chi connectivity index (χ4n) is 2.79. The van der Waals surface area contributed by atoms with E-state index >= 15 is 0 Å². The highest BCUT2D eigenvalue weighted by Gasteiger charge is 2.16. The summed E-state index contributed by atoms with van der Waals surface area (Å²) in [7, 11) is 0. The molecule has 0 radical (unpaired) electrons. The summed E-state index contributed by atoms with van der Waals surface area (Å²) in [5.74, 6) is 0.731. The van der Waals surface area contributed by atoms with Crippen molar-refractivity contribution in [1.82, 2.24) is 0 Å². The Morgan fingerprint density at radius 3 is 2.75 bits per heavy atom. The van der Waals surface area contributed by atoms with Crippen molar-refractivity contribution >= 4 is 11.4 Å². The molecular formula is C15H19N3O2. The van der Waals surface area contributed by atoms with E-state index in [2.05, 4.69) is 5.32 Å². The SMILES string of the molecule is N#Cc1ccc([N+](=O)[O-])c(NCCC2CCCCC2)c1. The van der Waals surface area contributed by atoms with Crippen molar-refractivity contribution in [3.8, 4) is 6.07 Å². The largest absolute Gasteiger partial charge is 0.379 e. The highest BCUT2D eigenvalue weighted by atomic mass is 16.6. The maximum absolute atomic E-state index is 11.0. The summed E-state index contributed by atoms with van der Waals surface area (Å²) >= 11 is 0. The smallest absolute Gasteiger partial charge is 0.292 e. The fourth-order valence-corrected chi connectivity index (χ4v) is 2.79. The zero-order valence-electron chi connectivity index (χ0n) is 11.5. The minimum atomic E-state index is -0.413. The molecule has 1 aromatic rings. The molecule has 0 aliphatic heterocycles. The van der Waals surface area contributed by atoms with Crippen molar-refractivity contribution in [2.75, 3.05) is 11.9 Å². The first-order valence-electron chi connectivity index (χ1n) is 7.13. The normalized spacial score (nSPS) is 15.6. The Morgan fingerprint density at radius 2 is 2.10 bits per heavy atom. The topological polar surface area (TPSA) is 79.0 Å². The number of rotatable bonds is 5. The first kappa shape index (κ1) is 14.3. The number of benzene rings is 1. The van der Waals surface area contributed by atoms with Gasteiger partial charge in [0.1, 0.15) is 5.69 Å². The second kappa shape index (κ2) is 6.90. The zero-order chi connectivity index (χ0) is 14.4. The van der Waals surface area contributed by atoms with Crippen LogP contribution in [-0.4, -0.2) is 11.5 Å². The predicted octanol–water partition coefficient (Wildman–Crippen LogP) is 3.85. The highest BCUT2D eigenvalue weighted by molar-refractivity contribution is 5.64. The molecular weight excluding hydrogens is 254 g/mol. The molecule has 1 aromatic carbocycles. The molecule has 1 aliphatic rings. The summed E-state index contributed by atoms with van der Waals surface area (Å²) in [6.45, 7) is 0.723. The van der Waals surface area contributed by atoms with Gasteiger partial charge in [-0.15, -0.1) is 0 Å². The maximum atomic E-state index is 11.0. The van der Waals surface area contributed by atoms with Gasteiger partial charge in [-0.25, -0.2) is 0 Å². The summed E-state index contributed by atoms with van der Waals surface area (Å²) < 4.78 is 0. The summed E-state index contributed by atoms with van der Waals surface area (Å²) in [6.07, 6.45) is 7.50. The molecule has 1 aliphatic carbocycles. The van der Waals surface area contributed by atoms with E-state index in [0.29, 0.717) is 11.3 Å². The monoisotopic (exact) mass is 273 g/mol. The van der Waals surface area contributed by atoms with Crippen LogP contribution < -0.4 is 5.32 Å². The number of anilines is 1. The third-order valence-electron chi connectivity index (χ3n) is 3.92. The first-order valence-corrected chi connectivity index (χ1v) is 7.13. The van der Waals surface area contributed by atoms with Crippen LogP contribution in [0.2, 0.25) is 0 Å². The molecule has 1 N–H and O–H groups in total. The molecule has 2 rings (SSSR count). The molecule has 0 spiro atoms. The third kappa shape index (κ3) is 3.70. The van der Waals surface area contributed by atoms with Crippen LogP contribution >= 0.6 is 0 Å². The molecule has 0 heterocycles. The lowest BCUT2D eigenvalue weighted by Gasteiger charge is -2.21. The lowest BCUT2D eigenvalue weighted by molar-refractivity contribution is -0.384. The molecule has 0 amide bonds. The van der Waals surface area contributed by atoms with E-state index in [-0.39, 0.29) is 5.69 Å². The van der Waals surface area contributed by atoms with Crippen molar-refractivity contribution in [1.29, 1.82) is 5.26 Å². The minimum absolute atomic E-state index is 0.0349. The maximum Gasteiger partial charge on any atom is 0.292 e. The number of nitro groups is 1. The fraction of sp³-hybridized carbons (Fsp3) is 0.533. The van der Waals surface area contributed by atoms with Crippen LogP contribution in [0.5, 0.6) is 0 Å². The van der Waals surface area contributed by atoms with Gasteiger partial charge in [-0.05, 0) is 24.5 Å². The van der Waals surface area contributed by atoms with Gasteiger partial charge >= 0.3 is 0 Å². The van der Waals surface area contributed by atoms with Gasteiger partial charge < -0.3 is 5.32 Å². The van der Waals surface area contributed by atoms with Crippen LogP contribution in [0.1, 0.15) is 44.1 Å². The van der Waals surface area contributed by atoms with Crippen LogP contribution in [0, 0.1) is 27.4 Å². The Labute approximate surface area is 118 Å². The van der Waals surface area contributed by atoms with Gasteiger partial charge in [0.05, 0.1) is 16.6 Å². The third-order valence-corrected chi connectivity index (χ3v) is 3.92. The molecule has 1 fully saturated rings.